The van der Waals surface area contributed by atoms with Crippen molar-refractivity contribution >= 4 is 5.91 Å². The smallest absolute Gasteiger partial charge is 0.237 e. The number of carbonyl (C=O) groups excluding carboxylic acids is 1. The van der Waals surface area contributed by atoms with Gasteiger partial charge in [-0.3, -0.25) is 4.79 Å². The summed E-state index contributed by atoms with van der Waals surface area (Å²) in [6.45, 7) is 4.63. The standard InChI is InChI=1S/C12H24N2O3/c1-3-4-5-10(13)11(15)14-8-12(16)6-7-17-9(12)2/h9-10,16H,3-8,13H2,1-2H3,(H,14,15)/t9?,10-,12?/m0/s1. The van der Waals surface area contributed by atoms with E-state index in [1.807, 2.05) is 6.92 Å². The average molecular weight is 244 g/mol. The van der Waals surface area contributed by atoms with Crippen molar-refractivity contribution in [2.75, 3.05) is 13.2 Å². The predicted molar refractivity (Wildman–Crippen MR) is 65.5 cm³/mol. The molecular formula is C12H24N2O3. The van der Waals surface area contributed by atoms with E-state index in [2.05, 4.69) is 12.2 Å². The molecule has 1 rings (SSSR count). The fraction of sp³-hybridized carbons (Fsp3) is 0.917. The summed E-state index contributed by atoms with van der Waals surface area (Å²) in [4.78, 5) is 11.7. The molecule has 0 aromatic rings. The first-order valence-electron chi connectivity index (χ1n) is 6.37. The van der Waals surface area contributed by atoms with Crippen LogP contribution in [0.3, 0.4) is 0 Å². The minimum atomic E-state index is -0.944. The lowest BCUT2D eigenvalue weighted by molar-refractivity contribution is -0.124. The van der Waals surface area contributed by atoms with Crippen molar-refractivity contribution in [2.24, 2.45) is 5.73 Å². The van der Waals surface area contributed by atoms with Crippen molar-refractivity contribution in [3.8, 4) is 0 Å². The largest absolute Gasteiger partial charge is 0.385 e. The number of rotatable bonds is 6. The topological polar surface area (TPSA) is 84.6 Å². The van der Waals surface area contributed by atoms with Crippen LogP contribution < -0.4 is 11.1 Å². The molecule has 5 heteroatoms. The molecule has 5 nitrogen and oxygen atoms in total. The Hall–Kier alpha value is -0.650. The van der Waals surface area contributed by atoms with Gasteiger partial charge in [0, 0.05) is 19.6 Å². The minimum Gasteiger partial charge on any atom is -0.385 e. The number of hydrogen-bond donors (Lipinski definition) is 3. The zero-order valence-corrected chi connectivity index (χ0v) is 10.7. The van der Waals surface area contributed by atoms with Crippen LogP contribution in [0.2, 0.25) is 0 Å². The number of aliphatic hydroxyl groups is 1. The number of unbranched alkanes of at least 4 members (excludes halogenated alkanes) is 1. The van der Waals surface area contributed by atoms with Crippen molar-refractivity contribution in [1.29, 1.82) is 0 Å². The molecule has 0 radical (unpaired) electrons. The van der Waals surface area contributed by atoms with E-state index >= 15 is 0 Å². The SMILES string of the molecule is CCCC[C@H](N)C(=O)NCC1(O)CCOC1C. The van der Waals surface area contributed by atoms with E-state index in [-0.39, 0.29) is 18.6 Å². The van der Waals surface area contributed by atoms with Gasteiger partial charge in [0.1, 0.15) is 5.60 Å². The molecule has 1 aliphatic rings. The van der Waals surface area contributed by atoms with Gasteiger partial charge < -0.3 is 20.9 Å². The van der Waals surface area contributed by atoms with E-state index in [0.717, 1.165) is 12.8 Å². The summed E-state index contributed by atoms with van der Waals surface area (Å²) in [7, 11) is 0. The van der Waals surface area contributed by atoms with E-state index in [1.54, 1.807) is 0 Å². The van der Waals surface area contributed by atoms with Crippen molar-refractivity contribution in [3.63, 3.8) is 0 Å². The lowest BCUT2D eigenvalue weighted by Gasteiger charge is -2.26. The molecular weight excluding hydrogens is 220 g/mol. The Morgan fingerprint density at radius 2 is 2.41 bits per heavy atom. The zero-order valence-electron chi connectivity index (χ0n) is 10.7. The number of nitrogens with two attached hydrogens (primary N) is 1. The van der Waals surface area contributed by atoms with Crippen LogP contribution >= 0.6 is 0 Å². The molecule has 1 heterocycles. The Bertz CT molecular complexity index is 260. The second-order valence-corrected chi connectivity index (χ2v) is 4.83. The summed E-state index contributed by atoms with van der Waals surface area (Å²) in [5, 5.41) is 12.9. The van der Waals surface area contributed by atoms with Crippen LogP contribution in [0, 0.1) is 0 Å². The van der Waals surface area contributed by atoms with Crippen LogP contribution in [0.15, 0.2) is 0 Å². The van der Waals surface area contributed by atoms with E-state index < -0.39 is 11.6 Å². The highest BCUT2D eigenvalue weighted by molar-refractivity contribution is 5.81. The normalized spacial score (nSPS) is 30.2. The van der Waals surface area contributed by atoms with Gasteiger partial charge in [-0.05, 0) is 13.3 Å². The Morgan fingerprint density at radius 1 is 1.71 bits per heavy atom. The number of amides is 1. The van der Waals surface area contributed by atoms with Crippen LogP contribution in [0.4, 0.5) is 0 Å². The van der Waals surface area contributed by atoms with E-state index in [1.165, 1.54) is 0 Å². The molecule has 3 atom stereocenters. The van der Waals surface area contributed by atoms with Crippen molar-refractivity contribution in [2.45, 2.75) is 57.3 Å². The second-order valence-electron chi connectivity index (χ2n) is 4.83. The summed E-state index contributed by atoms with van der Waals surface area (Å²) in [5.74, 6) is -0.189. The average Bonchev–Trinajstić information content (AvgIpc) is 2.64. The maximum absolute atomic E-state index is 11.7. The summed E-state index contributed by atoms with van der Waals surface area (Å²) < 4.78 is 5.29. The van der Waals surface area contributed by atoms with Gasteiger partial charge in [-0.1, -0.05) is 19.8 Å². The van der Waals surface area contributed by atoms with Crippen molar-refractivity contribution < 1.29 is 14.6 Å². The number of nitrogens with one attached hydrogen (secondary N) is 1. The summed E-state index contributed by atoms with van der Waals surface area (Å²) in [5.41, 5.74) is 4.80. The first kappa shape index (κ1) is 14.4. The first-order valence-corrected chi connectivity index (χ1v) is 6.37. The number of hydrogen-bond acceptors (Lipinski definition) is 4. The number of ether oxygens (including phenoxy) is 1. The third kappa shape index (κ3) is 3.94. The highest BCUT2D eigenvalue weighted by Gasteiger charge is 2.39. The molecule has 1 fully saturated rings. The molecule has 100 valence electrons. The molecule has 0 saturated carbocycles. The Morgan fingerprint density at radius 3 is 2.94 bits per heavy atom. The van der Waals surface area contributed by atoms with E-state index in [4.69, 9.17) is 10.5 Å². The molecule has 0 bridgehead atoms. The van der Waals surface area contributed by atoms with E-state index in [0.29, 0.717) is 19.4 Å². The Labute approximate surface area is 103 Å². The van der Waals surface area contributed by atoms with Crippen LogP contribution in [0.5, 0.6) is 0 Å². The monoisotopic (exact) mass is 244 g/mol. The highest BCUT2D eigenvalue weighted by Crippen LogP contribution is 2.24. The third-order valence-electron chi connectivity index (χ3n) is 3.43. The summed E-state index contributed by atoms with van der Waals surface area (Å²) in [6, 6.07) is -0.476. The first-order chi connectivity index (χ1) is 7.99. The predicted octanol–water partition coefficient (Wildman–Crippen LogP) is 0.160. The molecule has 0 aromatic heterocycles. The minimum absolute atomic E-state index is 0.189. The van der Waals surface area contributed by atoms with Gasteiger partial charge in [-0.2, -0.15) is 0 Å². The van der Waals surface area contributed by atoms with Gasteiger partial charge in [0.2, 0.25) is 5.91 Å². The van der Waals surface area contributed by atoms with Crippen molar-refractivity contribution in [3.05, 3.63) is 0 Å². The van der Waals surface area contributed by atoms with Crippen LogP contribution in [-0.2, 0) is 9.53 Å². The lowest BCUT2D eigenvalue weighted by atomic mass is 9.96. The second kappa shape index (κ2) is 6.33. The Balaban J connectivity index is 2.32. The van der Waals surface area contributed by atoms with Crippen LogP contribution in [-0.4, -0.2) is 41.9 Å². The molecule has 2 unspecified atom stereocenters. The molecule has 1 aliphatic heterocycles. The fourth-order valence-electron chi connectivity index (χ4n) is 1.93. The maximum Gasteiger partial charge on any atom is 0.237 e. The van der Waals surface area contributed by atoms with Gasteiger partial charge in [-0.25, -0.2) is 0 Å². The van der Waals surface area contributed by atoms with Gasteiger partial charge in [0.05, 0.1) is 12.1 Å². The molecule has 0 spiro atoms. The lowest BCUT2D eigenvalue weighted by Crippen LogP contribution is -2.51. The van der Waals surface area contributed by atoms with E-state index in [9.17, 15) is 9.90 Å². The molecule has 0 aliphatic carbocycles. The van der Waals surface area contributed by atoms with Crippen LogP contribution in [0.1, 0.15) is 39.5 Å². The fourth-order valence-corrected chi connectivity index (χ4v) is 1.93. The van der Waals surface area contributed by atoms with Crippen LogP contribution in [0.25, 0.3) is 0 Å². The van der Waals surface area contributed by atoms with Gasteiger partial charge in [0.15, 0.2) is 0 Å². The summed E-state index contributed by atoms with van der Waals surface area (Å²) >= 11 is 0. The molecule has 0 aromatic carbocycles. The molecule has 17 heavy (non-hydrogen) atoms. The Kier molecular flexibility index (Phi) is 5.36. The maximum atomic E-state index is 11.7. The summed E-state index contributed by atoms with van der Waals surface area (Å²) in [6.07, 6.45) is 2.97. The zero-order chi connectivity index (χ0) is 12.9. The molecule has 1 amide bonds. The highest BCUT2D eigenvalue weighted by atomic mass is 16.5. The van der Waals surface area contributed by atoms with Gasteiger partial charge >= 0.3 is 0 Å². The molecule has 1 saturated heterocycles. The third-order valence-corrected chi connectivity index (χ3v) is 3.43. The number of carbonyl (C=O) groups is 1. The van der Waals surface area contributed by atoms with Gasteiger partial charge in [0.25, 0.3) is 0 Å². The quantitative estimate of drug-likeness (QED) is 0.621. The van der Waals surface area contributed by atoms with Crippen molar-refractivity contribution in [1.82, 2.24) is 5.32 Å². The molecule has 4 N–H and O–H groups in total. The van der Waals surface area contributed by atoms with Gasteiger partial charge in [-0.15, -0.1) is 0 Å².